The first-order valence-electron chi connectivity index (χ1n) is 5.55. The third-order valence-electron chi connectivity index (χ3n) is 2.93. The van der Waals surface area contributed by atoms with Crippen LogP contribution in [0.2, 0.25) is 0 Å². The van der Waals surface area contributed by atoms with E-state index in [-0.39, 0.29) is 17.8 Å². The molecule has 1 aliphatic carbocycles. The highest BCUT2D eigenvalue weighted by molar-refractivity contribution is 5.79. The van der Waals surface area contributed by atoms with Crippen LogP contribution in [-0.4, -0.2) is 37.7 Å². The maximum absolute atomic E-state index is 11.6. The third-order valence-corrected chi connectivity index (χ3v) is 2.93. The van der Waals surface area contributed by atoms with E-state index in [1.54, 1.807) is 14.0 Å². The molecule has 0 spiro atoms. The van der Waals surface area contributed by atoms with Gasteiger partial charge in [-0.1, -0.05) is 0 Å². The van der Waals surface area contributed by atoms with E-state index < -0.39 is 0 Å². The van der Waals surface area contributed by atoms with Gasteiger partial charge in [0.15, 0.2) is 0 Å². The van der Waals surface area contributed by atoms with Crippen molar-refractivity contribution in [3.63, 3.8) is 0 Å². The van der Waals surface area contributed by atoms with Gasteiger partial charge >= 0.3 is 5.97 Å². The number of esters is 1. The average molecular weight is 229 g/mol. The van der Waals surface area contributed by atoms with Gasteiger partial charge in [-0.2, -0.15) is 0 Å². The molecule has 0 aliphatic heterocycles. The van der Waals surface area contributed by atoms with E-state index >= 15 is 0 Å². The normalized spacial score (nSPS) is 23.4. The molecule has 0 bridgehead atoms. The standard InChI is InChI=1S/C11H19NO4/c1-4-16-10(13)7-8-5-9(6-8)11(14)12(2)15-3/h8-9H,4-7H2,1-3H3. The Kier molecular flexibility index (Phi) is 4.73. The molecule has 1 fully saturated rings. The molecule has 1 amide bonds. The summed E-state index contributed by atoms with van der Waals surface area (Å²) in [6.07, 6.45) is 1.94. The Morgan fingerprint density at radius 2 is 2.00 bits per heavy atom. The summed E-state index contributed by atoms with van der Waals surface area (Å²) in [7, 11) is 3.06. The number of amides is 1. The number of rotatable bonds is 5. The highest BCUT2D eigenvalue weighted by Crippen LogP contribution is 2.37. The smallest absolute Gasteiger partial charge is 0.306 e. The number of carbonyl (C=O) groups excluding carboxylic acids is 2. The Bertz CT molecular complexity index is 261. The Balaban J connectivity index is 2.22. The van der Waals surface area contributed by atoms with Crippen molar-refractivity contribution in [2.75, 3.05) is 20.8 Å². The van der Waals surface area contributed by atoms with Crippen molar-refractivity contribution in [3.05, 3.63) is 0 Å². The van der Waals surface area contributed by atoms with Gasteiger partial charge in [0.25, 0.3) is 0 Å². The quantitative estimate of drug-likeness (QED) is 0.521. The first-order valence-corrected chi connectivity index (χ1v) is 5.55. The van der Waals surface area contributed by atoms with Gasteiger partial charge in [-0.05, 0) is 25.7 Å². The molecule has 0 aromatic heterocycles. The summed E-state index contributed by atoms with van der Waals surface area (Å²) in [6, 6.07) is 0. The van der Waals surface area contributed by atoms with Crippen LogP contribution >= 0.6 is 0 Å². The minimum atomic E-state index is -0.168. The summed E-state index contributed by atoms with van der Waals surface area (Å²) >= 11 is 0. The fourth-order valence-electron chi connectivity index (χ4n) is 1.91. The molecule has 1 saturated carbocycles. The topological polar surface area (TPSA) is 55.8 Å². The molecule has 0 N–H and O–H groups in total. The number of ether oxygens (including phenoxy) is 1. The second-order valence-corrected chi connectivity index (χ2v) is 4.06. The predicted molar refractivity (Wildman–Crippen MR) is 57.2 cm³/mol. The minimum absolute atomic E-state index is 0.00405. The molecule has 0 saturated heterocycles. The molecular weight excluding hydrogens is 210 g/mol. The van der Waals surface area contributed by atoms with Crippen molar-refractivity contribution < 1.29 is 19.2 Å². The molecule has 0 atom stereocenters. The van der Waals surface area contributed by atoms with Crippen molar-refractivity contribution in [3.8, 4) is 0 Å². The molecular formula is C11H19NO4. The van der Waals surface area contributed by atoms with Crippen LogP contribution in [0.25, 0.3) is 0 Å². The molecule has 1 rings (SSSR count). The summed E-state index contributed by atoms with van der Waals surface area (Å²) < 4.78 is 4.85. The van der Waals surface area contributed by atoms with E-state index in [2.05, 4.69) is 0 Å². The van der Waals surface area contributed by atoms with Crippen LogP contribution in [0.3, 0.4) is 0 Å². The largest absolute Gasteiger partial charge is 0.466 e. The zero-order valence-corrected chi connectivity index (χ0v) is 10.1. The first-order chi connectivity index (χ1) is 7.58. The molecule has 92 valence electrons. The summed E-state index contributed by atoms with van der Waals surface area (Å²) in [5, 5.41) is 1.24. The van der Waals surface area contributed by atoms with Gasteiger partial charge in [0.2, 0.25) is 5.91 Å². The SMILES string of the molecule is CCOC(=O)CC1CC(C(=O)N(C)OC)C1. The van der Waals surface area contributed by atoms with E-state index in [0.29, 0.717) is 18.9 Å². The van der Waals surface area contributed by atoms with E-state index in [9.17, 15) is 9.59 Å². The van der Waals surface area contributed by atoms with Gasteiger partial charge in [0, 0.05) is 19.4 Å². The average Bonchev–Trinajstić information content (AvgIpc) is 2.21. The van der Waals surface area contributed by atoms with Crippen LogP contribution in [0.4, 0.5) is 0 Å². The van der Waals surface area contributed by atoms with Gasteiger partial charge < -0.3 is 4.74 Å². The summed E-state index contributed by atoms with van der Waals surface area (Å²) in [6.45, 7) is 2.21. The molecule has 0 heterocycles. The molecule has 16 heavy (non-hydrogen) atoms. The molecule has 0 aromatic rings. The zero-order valence-electron chi connectivity index (χ0n) is 10.1. The van der Waals surface area contributed by atoms with Crippen molar-refractivity contribution in [1.82, 2.24) is 5.06 Å². The lowest BCUT2D eigenvalue weighted by molar-refractivity contribution is -0.178. The summed E-state index contributed by atoms with van der Waals surface area (Å²) in [4.78, 5) is 27.6. The van der Waals surface area contributed by atoms with Crippen LogP contribution in [0.1, 0.15) is 26.2 Å². The number of hydrogen-bond acceptors (Lipinski definition) is 4. The van der Waals surface area contributed by atoms with Crippen LogP contribution < -0.4 is 0 Å². The van der Waals surface area contributed by atoms with Gasteiger partial charge in [0.1, 0.15) is 0 Å². The maximum atomic E-state index is 11.6. The van der Waals surface area contributed by atoms with Crippen molar-refractivity contribution in [2.24, 2.45) is 11.8 Å². The number of carbonyl (C=O) groups is 2. The second kappa shape index (κ2) is 5.84. The number of hydrogen-bond donors (Lipinski definition) is 0. The Labute approximate surface area is 95.6 Å². The number of hydroxylamine groups is 2. The highest BCUT2D eigenvalue weighted by Gasteiger charge is 2.37. The molecule has 5 nitrogen and oxygen atoms in total. The minimum Gasteiger partial charge on any atom is -0.466 e. The van der Waals surface area contributed by atoms with E-state index in [1.807, 2.05) is 0 Å². The van der Waals surface area contributed by atoms with Crippen LogP contribution in [0, 0.1) is 11.8 Å². The molecule has 0 aromatic carbocycles. The third kappa shape index (κ3) is 3.20. The molecule has 0 radical (unpaired) electrons. The summed E-state index contributed by atoms with van der Waals surface area (Å²) in [5.41, 5.74) is 0. The van der Waals surface area contributed by atoms with Crippen molar-refractivity contribution in [2.45, 2.75) is 26.2 Å². The molecule has 5 heteroatoms. The predicted octanol–water partition coefficient (Wildman–Crippen LogP) is 0.986. The van der Waals surface area contributed by atoms with E-state index in [0.717, 1.165) is 12.8 Å². The monoisotopic (exact) mass is 229 g/mol. The fraction of sp³-hybridized carbons (Fsp3) is 0.818. The fourth-order valence-corrected chi connectivity index (χ4v) is 1.91. The highest BCUT2D eigenvalue weighted by atomic mass is 16.7. The lowest BCUT2D eigenvalue weighted by Crippen LogP contribution is -2.40. The lowest BCUT2D eigenvalue weighted by atomic mass is 9.73. The van der Waals surface area contributed by atoms with Crippen molar-refractivity contribution >= 4 is 11.9 Å². The van der Waals surface area contributed by atoms with Gasteiger partial charge in [-0.3, -0.25) is 14.4 Å². The maximum Gasteiger partial charge on any atom is 0.306 e. The van der Waals surface area contributed by atoms with Gasteiger partial charge in [-0.15, -0.1) is 0 Å². The van der Waals surface area contributed by atoms with Crippen LogP contribution in [0.15, 0.2) is 0 Å². The van der Waals surface area contributed by atoms with E-state index in [4.69, 9.17) is 9.57 Å². The van der Waals surface area contributed by atoms with Gasteiger partial charge in [-0.25, -0.2) is 5.06 Å². The lowest BCUT2D eigenvalue weighted by Gasteiger charge is -2.35. The van der Waals surface area contributed by atoms with E-state index in [1.165, 1.54) is 12.2 Å². The molecule has 0 unspecified atom stereocenters. The zero-order chi connectivity index (χ0) is 12.1. The summed E-state index contributed by atoms with van der Waals surface area (Å²) in [5.74, 6) is 0.115. The Hall–Kier alpha value is -1.10. The number of nitrogens with zero attached hydrogens (tertiary/aromatic N) is 1. The van der Waals surface area contributed by atoms with Gasteiger partial charge in [0.05, 0.1) is 13.7 Å². The molecule has 1 aliphatic rings. The second-order valence-electron chi connectivity index (χ2n) is 4.06. The first kappa shape index (κ1) is 13.0. The van der Waals surface area contributed by atoms with Crippen molar-refractivity contribution in [1.29, 1.82) is 0 Å². The Morgan fingerprint density at radius 1 is 1.38 bits per heavy atom. The van der Waals surface area contributed by atoms with Crippen LogP contribution in [0.5, 0.6) is 0 Å². The van der Waals surface area contributed by atoms with Crippen LogP contribution in [-0.2, 0) is 19.2 Å². The Morgan fingerprint density at radius 3 is 2.50 bits per heavy atom.